The largest absolute Gasteiger partial charge is 0.504 e. The van der Waals surface area contributed by atoms with Gasteiger partial charge in [-0.3, -0.25) is 0 Å². The number of nitrogens with one attached hydrogen (secondary N) is 1. The molecule has 0 spiro atoms. The Morgan fingerprint density at radius 1 is 1.25 bits per heavy atom. The van der Waals surface area contributed by atoms with Gasteiger partial charge in [-0.05, 0) is 48.2 Å². The van der Waals surface area contributed by atoms with Crippen molar-refractivity contribution in [3.05, 3.63) is 59.2 Å². The summed E-state index contributed by atoms with van der Waals surface area (Å²) in [7, 11) is 1.59. The van der Waals surface area contributed by atoms with E-state index < -0.39 is 0 Å². The Bertz CT molecular complexity index is 595. The van der Waals surface area contributed by atoms with Gasteiger partial charge in [-0.2, -0.15) is 0 Å². The van der Waals surface area contributed by atoms with Crippen LogP contribution in [0.3, 0.4) is 0 Å². The molecule has 0 aliphatic carbocycles. The third-order valence-corrected chi connectivity index (χ3v) is 3.88. The molecule has 1 aliphatic rings. The predicted molar refractivity (Wildman–Crippen MR) is 79.3 cm³/mol. The number of aromatic hydroxyl groups is 1. The molecular formula is C17H19NO2. The molecule has 20 heavy (non-hydrogen) atoms. The molecule has 3 rings (SSSR count). The second kappa shape index (κ2) is 5.55. The van der Waals surface area contributed by atoms with Crippen molar-refractivity contribution >= 4 is 0 Å². The van der Waals surface area contributed by atoms with Gasteiger partial charge in [-0.15, -0.1) is 0 Å². The standard InChI is InChI=1S/C17H19NO2/c1-20-17-10-13-7-8-18-15(14(13)11-16(17)19)9-12-5-3-2-4-6-12/h2-6,10-11,15,18-19H,7-9H2,1H3/t15-/m1/s1. The minimum atomic E-state index is 0.216. The zero-order chi connectivity index (χ0) is 13.9. The first kappa shape index (κ1) is 13.0. The van der Waals surface area contributed by atoms with Crippen molar-refractivity contribution in [1.82, 2.24) is 5.32 Å². The normalized spacial score (nSPS) is 17.6. The van der Waals surface area contributed by atoms with Gasteiger partial charge in [0, 0.05) is 6.04 Å². The smallest absolute Gasteiger partial charge is 0.160 e. The van der Waals surface area contributed by atoms with Crippen LogP contribution in [0.25, 0.3) is 0 Å². The first-order chi connectivity index (χ1) is 9.78. The van der Waals surface area contributed by atoms with Crippen LogP contribution in [-0.2, 0) is 12.8 Å². The molecule has 1 heterocycles. The molecule has 0 radical (unpaired) electrons. The minimum Gasteiger partial charge on any atom is -0.504 e. The van der Waals surface area contributed by atoms with E-state index >= 15 is 0 Å². The van der Waals surface area contributed by atoms with Gasteiger partial charge < -0.3 is 15.2 Å². The lowest BCUT2D eigenvalue weighted by molar-refractivity contribution is 0.370. The number of phenols is 1. The molecule has 3 heteroatoms. The maximum atomic E-state index is 10.00. The highest BCUT2D eigenvalue weighted by Gasteiger charge is 2.22. The van der Waals surface area contributed by atoms with Gasteiger partial charge in [0.15, 0.2) is 11.5 Å². The lowest BCUT2D eigenvalue weighted by Crippen LogP contribution is -2.31. The van der Waals surface area contributed by atoms with Crippen molar-refractivity contribution in [2.24, 2.45) is 0 Å². The van der Waals surface area contributed by atoms with Crippen LogP contribution in [0.2, 0.25) is 0 Å². The summed E-state index contributed by atoms with van der Waals surface area (Å²) in [6.45, 7) is 0.957. The molecule has 104 valence electrons. The topological polar surface area (TPSA) is 41.5 Å². The Hall–Kier alpha value is -2.00. The predicted octanol–water partition coefficient (Wildman–Crippen LogP) is 2.83. The lowest BCUT2D eigenvalue weighted by Gasteiger charge is -2.28. The van der Waals surface area contributed by atoms with E-state index in [4.69, 9.17) is 4.74 Å². The summed E-state index contributed by atoms with van der Waals surface area (Å²) in [6.07, 6.45) is 1.90. The molecule has 0 unspecified atom stereocenters. The van der Waals surface area contributed by atoms with Crippen LogP contribution in [0, 0.1) is 0 Å². The van der Waals surface area contributed by atoms with Crippen molar-refractivity contribution in [2.45, 2.75) is 18.9 Å². The van der Waals surface area contributed by atoms with Gasteiger partial charge in [-0.25, -0.2) is 0 Å². The quantitative estimate of drug-likeness (QED) is 0.900. The fraction of sp³-hybridized carbons (Fsp3) is 0.294. The van der Waals surface area contributed by atoms with Crippen LogP contribution >= 0.6 is 0 Å². The number of rotatable bonds is 3. The van der Waals surface area contributed by atoms with Crippen LogP contribution in [0.1, 0.15) is 22.7 Å². The summed E-state index contributed by atoms with van der Waals surface area (Å²) in [5, 5.41) is 13.5. The highest BCUT2D eigenvalue weighted by atomic mass is 16.5. The Morgan fingerprint density at radius 2 is 2.05 bits per heavy atom. The zero-order valence-electron chi connectivity index (χ0n) is 11.6. The number of methoxy groups -OCH3 is 1. The number of benzene rings is 2. The highest BCUT2D eigenvalue weighted by Crippen LogP contribution is 2.35. The molecule has 0 saturated carbocycles. The molecule has 1 aliphatic heterocycles. The minimum absolute atomic E-state index is 0.216. The molecule has 0 fully saturated rings. The van der Waals surface area contributed by atoms with E-state index in [1.807, 2.05) is 18.2 Å². The zero-order valence-corrected chi connectivity index (χ0v) is 11.6. The van der Waals surface area contributed by atoms with Crippen LogP contribution in [0.5, 0.6) is 11.5 Å². The van der Waals surface area contributed by atoms with E-state index in [-0.39, 0.29) is 11.8 Å². The fourth-order valence-electron chi connectivity index (χ4n) is 2.85. The first-order valence-corrected chi connectivity index (χ1v) is 6.95. The van der Waals surface area contributed by atoms with E-state index in [0.717, 1.165) is 19.4 Å². The van der Waals surface area contributed by atoms with Crippen molar-refractivity contribution < 1.29 is 9.84 Å². The van der Waals surface area contributed by atoms with Crippen LogP contribution in [0.15, 0.2) is 42.5 Å². The monoisotopic (exact) mass is 269 g/mol. The van der Waals surface area contributed by atoms with E-state index in [2.05, 4.69) is 29.6 Å². The SMILES string of the molecule is COc1cc2c(cc1O)[C@@H](Cc1ccccc1)NCC2. The Morgan fingerprint density at radius 3 is 2.80 bits per heavy atom. The maximum Gasteiger partial charge on any atom is 0.160 e. The molecule has 0 bridgehead atoms. The van der Waals surface area contributed by atoms with Crippen molar-refractivity contribution in [2.75, 3.05) is 13.7 Å². The summed E-state index contributed by atoms with van der Waals surface area (Å²) in [4.78, 5) is 0. The molecule has 2 aromatic carbocycles. The molecule has 2 N–H and O–H groups in total. The van der Waals surface area contributed by atoms with E-state index in [0.29, 0.717) is 5.75 Å². The van der Waals surface area contributed by atoms with Gasteiger partial charge >= 0.3 is 0 Å². The number of hydrogen-bond acceptors (Lipinski definition) is 3. The summed E-state index contributed by atoms with van der Waals surface area (Å²) < 4.78 is 5.19. The van der Waals surface area contributed by atoms with Crippen LogP contribution < -0.4 is 10.1 Å². The third-order valence-electron chi connectivity index (χ3n) is 3.88. The Balaban J connectivity index is 1.91. The lowest BCUT2D eigenvalue weighted by atomic mass is 9.90. The van der Waals surface area contributed by atoms with Crippen molar-refractivity contribution in [3.8, 4) is 11.5 Å². The van der Waals surface area contributed by atoms with Gasteiger partial charge in [-0.1, -0.05) is 30.3 Å². The molecule has 2 aromatic rings. The van der Waals surface area contributed by atoms with Crippen molar-refractivity contribution in [1.29, 1.82) is 0 Å². The molecular weight excluding hydrogens is 250 g/mol. The van der Waals surface area contributed by atoms with E-state index in [9.17, 15) is 5.11 Å². The second-order valence-electron chi connectivity index (χ2n) is 5.17. The number of fused-ring (bicyclic) bond motifs is 1. The average molecular weight is 269 g/mol. The van der Waals surface area contributed by atoms with Crippen LogP contribution in [0.4, 0.5) is 0 Å². The Kier molecular flexibility index (Phi) is 3.61. The summed E-state index contributed by atoms with van der Waals surface area (Å²) >= 11 is 0. The maximum absolute atomic E-state index is 10.00. The fourth-order valence-corrected chi connectivity index (χ4v) is 2.85. The molecule has 0 saturated heterocycles. The third kappa shape index (κ3) is 2.49. The number of ether oxygens (including phenoxy) is 1. The van der Waals surface area contributed by atoms with Crippen LogP contribution in [-0.4, -0.2) is 18.8 Å². The second-order valence-corrected chi connectivity index (χ2v) is 5.17. The summed E-state index contributed by atoms with van der Waals surface area (Å²) in [6, 6.07) is 14.5. The number of hydrogen-bond donors (Lipinski definition) is 2. The molecule has 1 atom stereocenters. The highest BCUT2D eigenvalue weighted by molar-refractivity contribution is 5.49. The van der Waals surface area contributed by atoms with E-state index in [1.54, 1.807) is 7.11 Å². The first-order valence-electron chi connectivity index (χ1n) is 6.95. The summed E-state index contributed by atoms with van der Waals surface area (Å²) in [5.74, 6) is 0.775. The van der Waals surface area contributed by atoms with E-state index in [1.165, 1.54) is 16.7 Å². The molecule has 3 nitrogen and oxygen atoms in total. The van der Waals surface area contributed by atoms with Gasteiger partial charge in [0.2, 0.25) is 0 Å². The van der Waals surface area contributed by atoms with Crippen molar-refractivity contribution in [3.63, 3.8) is 0 Å². The van der Waals surface area contributed by atoms with Gasteiger partial charge in [0.25, 0.3) is 0 Å². The molecule has 0 aromatic heterocycles. The Labute approximate surface area is 119 Å². The molecule has 0 amide bonds. The van der Waals surface area contributed by atoms with Gasteiger partial charge in [0.1, 0.15) is 0 Å². The van der Waals surface area contributed by atoms with Gasteiger partial charge in [0.05, 0.1) is 7.11 Å². The number of phenolic OH excluding ortho intramolecular Hbond substituents is 1. The average Bonchev–Trinajstić information content (AvgIpc) is 2.48. The summed E-state index contributed by atoms with van der Waals surface area (Å²) in [5.41, 5.74) is 3.74.